The quantitative estimate of drug-likeness (QED) is 0.662. The number of esters is 1. The molecule has 0 spiro atoms. The number of ether oxygens (including phenoxy) is 1. The molecule has 0 aliphatic carbocycles. The van der Waals surface area contributed by atoms with Crippen LogP contribution in [0.2, 0.25) is 0 Å². The predicted molar refractivity (Wildman–Crippen MR) is 97.4 cm³/mol. The van der Waals surface area contributed by atoms with Crippen LogP contribution in [0.3, 0.4) is 0 Å². The topological polar surface area (TPSA) is 67.4 Å². The molecule has 2 rings (SSSR count). The van der Waals surface area contributed by atoms with Gasteiger partial charge in [-0.25, -0.2) is 4.79 Å². The van der Waals surface area contributed by atoms with Gasteiger partial charge in [-0.05, 0) is 67.5 Å². The van der Waals surface area contributed by atoms with Crippen LogP contribution in [0.1, 0.15) is 31.8 Å². The zero-order valence-electron chi connectivity index (χ0n) is 13.7. The van der Waals surface area contributed by atoms with E-state index in [-0.39, 0.29) is 5.11 Å². The van der Waals surface area contributed by atoms with E-state index in [0.29, 0.717) is 11.1 Å². The first-order valence-corrected chi connectivity index (χ1v) is 7.69. The van der Waals surface area contributed by atoms with Gasteiger partial charge in [-0.2, -0.15) is 0 Å². The van der Waals surface area contributed by atoms with Gasteiger partial charge in [0.15, 0.2) is 5.11 Å². The van der Waals surface area contributed by atoms with E-state index in [1.807, 2.05) is 32.0 Å². The molecule has 0 fully saturated rings. The van der Waals surface area contributed by atoms with Gasteiger partial charge in [0.2, 0.25) is 0 Å². The molecule has 1 amide bonds. The summed E-state index contributed by atoms with van der Waals surface area (Å²) in [5.41, 5.74) is 3.72. The summed E-state index contributed by atoms with van der Waals surface area (Å²) in [5, 5.41) is 5.75. The van der Waals surface area contributed by atoms with Crippen LogP contribution < -0.4 is 10.6 Å². The number of anilines is 1. The van der Waals surface area contributed by atoms with Crippen LogP contribution >= 0.6 is 12.2 Å². The van der Waals surface area contributed by atoms with Crippen molar-refractivity contribution in [1.82, 2.24) is 5.32 Å². The third-order valence-corrected chi connectivity index (χ3v) is 3.74. The highest BCUT2D eigenvalue weighted by Crippen LogP contribution is 2.14. The van der Waals surface area contributed by atoms with Gasteiger partial charge in [0.05, 0.1) is 12.7 Å². The highest BCUT2D eigenvalue weighted by atomic mass is 32.1. The predicted octanol–water partition coefficient (Wildman–Crippen LogP) is 3.22. The summed E-state index contributed by atoms with van der Waals surface area (Å²) in [6.45, 7) is 4.02. The Kier molecular flexibility index (Phi) is 5.65. The zero-order chi connectivity index (χ0) is 17.7. The molecule has 6 heteroatoms. The Morgan fingerprint density at radius 2 is 1.71 bits per heavy atom. The van der Waals surface area contributed by atoms with Crippen molar-refractivity contribution in [3.8, 4) is 0 Å². The lowest BCUT2D eigenvalue weighted by Crippen LogP contribution is -2.34. The van der Waals surface area contributed by atoms with Crippen molar-refractivity contribution in [3.05, 3.63) is 64.7 Å². The minimum Gasteiger partial charge on any atom is -0.465 e. The van der Waals surface area contributed by atoms with Crippen LogP contribution in [0.15, 0.2) is 42.5 Å². The van der Waals surface area contributed by atoms with Crippen LogP contribution in [-0.2, 0) is 4.74 Å². The first-order valence-electron chi connectivity index (χ1n) is 7.28. The number of aryl methyl sites for hydroxylation is 2. The van der Waals surface area contributed by atoms with Crippen LogP contribution in [0, 0.1) is 13.8 Å². The van der Waals surface area contributed by atoms with Gasteiger partial charge >= 0.3 is 5.97 Å². The lowest BCUT2D eigenvalue weighted by molar-refractivity contribution is 0.0600. The largest absolute Gasteiger partial charge is 0.465 e. The van der Waals surface area contributed by atoms with Gasteiger partial charge in [-0.15, -0.1) is 0 Å². The number of nitrogens with one attached hydrogen (secondary N) is 2. The second-order valence-electron chi connectivity index (χ2n) is 5.28. The summed E-state index contributed by atoms with van der Waals surface area (Å²) in [6, 6.07) is 12.1. The summed E-state index contributed by atoms with van der Waals surface area (Å²) in [7, 11) is 1.29. The molecule has 2 aromatic carbocycles. The van der Waals surface area contributed by atoms with Gasteiger partial charge in [0.1, 0.15) is 0 Å². The molecular weight excluding hydrogens is 324 g/mol. The maximum absolute atomic E-state index is 12.2. The molecule has 2 N–H and O–H groups in total. The van der Waals surface area contributed by atoms with E-state index < -0.39 is 11.9 Å². The maximum atomic E-state index is 12.2. The van der Waals surface area contributed by atoms with Crippen molar-refractivity contribution in [2.75, 3.05) is 12.4 Å². The average molecular weight is 342 g/mol. The zero-order valence-corrected chi connectivity index (χ0v) is 14.5. The monoisotopic (exact) mass is 342 g/mol. The van der Waals surface area contributed by atoms with E-state index in [4.69, 9.17) is 12.2 Å². The lowest BCUT2D eigenvalue weighted by Gasteiger charge is -2.11. The number of carbonyl (C=O) groups is 2. The Morgan fingerprint density at radius 3 is 2.38 bits per heavy atom. The Morgan fingerprint density at radius 1 is 1.00 bits per heavy atom. The fourth-order valence-electron chi connectivity index (χ4n) is 2.06. The fourth-order valence-corrected chi connectivity index (χ4v) is 2.27. The number of benzene rings is 2. The second kappa shape index (κ2) is 7.70. The molecule has 5 nitrogen and oxygen atoms in total. The van der Waals surface area contributed by atoms with Crippen molar-refractivity contribution in [2.45, 2.75) is 13.8 Å². The first kappa shape index (κ1) is 17.6. The number of carbonyl (C=O) groups excluding carboxylic acids is 2. The van der Waals surface area contributed by atoms with Crippen molar-refractivity contribution in [2.24, 2.45) is 0 Å². The van der Waals surface area contributed by atoms with Crippen molar-refractivity contribution in [1.29, 1.82) is 0 Å². The third kappa shape index (κ3) is 4.39. The minimum atomic E-state index is -0.500. The SMILES string of the molecule is COC(=O)c1cccc(C(=O)NC(=S)Nc2ccc(C)c(C)c2)c1. The molecule has 0 heterocycles. The second-order valence-corrected chi connectivity index (χ2v) is 5.69. The number of amides is 1. The van der Waals surface area contributed by atoms with Gasteiger partial charge in [-0.3, -0.25) is 10.1 Å². The summed E-state index contributed by atoms with van der Waals surface area (Å²) >= 11 is 5.16. The number of hydrogen-bond donors (Lipinski definition) is 2. The van der Waals surface area contributed by atoms with Crippen LogP contribution in [0.4, 0.5) is 5.69 Å². The highest BCUT2D eigenvalue weighted by Gasteiger charge is 2.12. The number of rotatable bonds is 3. The normalized spacial score (nSPS) is 9.96. The first-order chi connectivity index (χ1) is 11.4. The summed E-state index contributed by atoms with van der Waals surface area (Å²) < 4.78 is 4.64. The summed E-state index contributed by atoms with van der Waals surface area (Å²) in [5.74, 6) is -0.900. The van der Waals surface area contributed by atoms with Gasteiger partial charge < -0.3 is 10.1 Å². The van der Waals surface area contributed by atoms with Crippen LogP contribution in [0.25, 0.3) is 0 Å². The van der Waals surface area contributed by atoms with Crippen molar-refractivity contribution >= 4 is 34.9 Å². The summed E-state index contributed by atoms with van der Waals surface area (Å²) in [4.78, 5) is 23.8. The van der Waals surface area contributed by atoms with Crippen molar-refractivity contribution in [3.63, 3.8) is 0 Å². The lowest BCUT2D eigenvalue weighted by atomic mass is 10.1. The van der Waals surface area contributed by atoms with Crippen LogP contribution in [-0.4, -0.2) is 24.1 Å². The average Bonchev–Trinajstić information content (AvgIpc) is 2.57. The van der Waals surface area contributed by atoms with Gasteiger partial charge in [-0.1, -0.05) is 12.1 Å². The smallest absolute Gasteiger partial charge is 0.337 e. The molecule has 0 aliphatic heterocycles. The highest BCUT2D eigenvalue weighted by molar-refractivity contribution is 7.80. The van der Waals surface area contributed by atoms with E-state index in [0.717, 1.165) is 11.3 Å². The standard InChI is InChI=1S/C18H18N2O3S/c1-11-7-8-15(9-12(11)2)19-18(24)20-16(21)13-5-4-6-14(10-13)17(22)23-3/h4-10H,1-3H3,(H2,19,20,21,24). The Hall–Kier alpha value is -2.73. The number of thiocarbonyl (C=S) groups is 1. The Labute approximate surface area is 146 Å². The molecule has 0 atom stereocenters. The molecule has 0 saturated heterocycles. The van der Waals surface area contributed by atoms with E-state index >= 15 is 0 Å². The molecule has 0 radical (unpaired) electrons. The Bertz CT molecular complexity index is 803. The van der Waals surface area contributed by atoms with E-state index in [1.54, 1.807) is 18.2 Å². The van der Waals surface area contributed by atoms with E-state index in [9.17, 15) is 9.59 Å². The number of methoxy groups -OCH3 is 1. The van der Waals surface area contributed by atoms with Crippen LogP contribution in [0.5, 0.6) is 0 Å². The molecule has 0 saturated carbocycles. The number of hydrogen-bond acceptors (Lipinski definition) is 4. The minimum absolute atomic E-state index is 0.187. The van der Waals surface area contributed by atoms with E-state index in [2.05, 4.69) is 15.4 Å². The summed E-state index contributed by atoms with van der Waals surface area (Å²) in [6.07, 6.45) is 0. The molecule has 0 aromatic heterocycles. The molecule has 124 valence electrons. The van der Waals surface area contributed by atoms with E-state index in [1.165, 1.54) is 18.7 Å². The molecule has 2 aromatic rings. The molecular formula is C18H18N2O3S. The maximum Gasteiger partial charge on any atom is 0.337 e. The fraction of sp³-hybridized carbons (Fsp3) is 0.167. The van der Waals surface area contributed by atoms with Crippen molar-refractivity contribution < 1.29 is 14.3 Å². The molecule has 0 bridgehead atoms. The Balaban J connectivity index is 2.04. The third-order valence-electron chi connectivity index (χ3n) is 3.54. The molecule has 0 aliphatic rings. The van der Waals surface area contributed by atoms with Gasteiger partial charge in [0.25, 0.3) is 5.91 Å². The van der Waals surface area contributed by atoms with Gasteiger partial charge in [0, 0.05) is 11.3 Å². The molecule has 24 heavy (non-hydrogen) atoms. The molecule has 0 unspecified atom stereocenters.